The average molecular weight is 296 g/mol. The molecule has 3 nitrogen and oxygen atoms in total. The van der Waals surface area contributed by atoms with Crippen molar-refractivity contribution in [2.75, 3.05) is 19.6 Å². The highest BCUT2D eigenvalue weighted by molar-refractivity contribution is 9.10. The van der Waals surface area contributed by atoms with E-state index >= 15 is 0 Å². The number of piperidine rings is 1. The number of rotatable bonds is 2. The molecule has 17 heavy (non-hydrogen) atoms. The molecule has 0 bridgehead atoms. The van der Waals surface area contributed by atoms with E-state index < -0.39 is 0 Å². The molecular formula is C13H18BrN3. The van der Waals surface area contributed by atoms with Crippen molar-refractivity contribution >= 4 is 15.9 Å². The van der Waals surface area contributed by atoms with Gasteiger partial charge in [0.25, 0.3) is 0 Å². The summed E-state index contributed by atoms with van der Waals surface area (Å²) in [5.41, 5.74) is 1.31. The van der Waals surface area contributed by atoms with Gasteiger partial charge in [0.2, 0.25) is 0 Å². The van der Waals surface area contributed by atoms with Gasteiger partial charge in [-0.25, -0.2) is 0 Å². The number of hydrogen-bond acceptors (Lipinski definition) is 3. The minimum Gasteiger partial charge on any atom is -0.314 e. The monoisotopic (exact) mass is 295 g/mol. The van der Waals surface area contributed by atoms with Crippen molar-refractivity contribution in [3.63, 3.8) is 0 Å². The van der Waals surface area contributed by atoms with Crippen LogP contribution in [0.1, 0.15) is 18.4 Å². The molecule has 2 atom stereocenters. The summed E-state index contributed by atoms with van der Waals surface area (Å²) in [4.78, 5) is 6.80. The molecule has 2 saturated heterocycles. The molecule has 92 valence electrons. The van der Waals surface area contributed by atoms with Crippen LogP contribution >= 0.6 is 15.9 Å². The number of nitrogens with one attached hydrogen (secondary N) is 1. The topological polar surface area (TPSA) is 28.2 Å². The van der Waals surface area contributed by atoms with Crippen LogP contribution in [0, 0.1) is 5.92 Å². The Bertz CT molecular complexity index is 396. The molecule has 1 aromatic heterocycles. The number of hydrogen-bond donors (Lipinski definition) is 1. The maximum Gasteiger partial charge on any atom is 0.0410 e. The van der Waals surface area contributed by atoms with Gasteiger partial charge in [0.1, 0.15) is 0 Å². The number of fused-ring (bicyclic) bond motifs is 1. The molecule has 2 unspecified atom stereocenters. The first kappa shape index (κ1) is 11.6. The summed E-state index contributed by atoms with van der Waals surface area (Å²) in [6.45, 7) is 4.70. The van der Waals surface area contributed by atoms with Gasteiger partial charge >= 0.3 is 0 Å². The van der Waals surface area contributed by atoms with Gasteiger partial charge < -0.3 is 5.32 Å². The van der Waals surface area contributed by atoms with Crippen LogP contribution in [0.15, 0.2) is 22.9 Å². The van der Waals surface area contributed by atoms with Gasteiger partial charge in [-0.2, -0.15) is 0 Å². The summed E-state index contributed by atoms with van der Waals surface area (Å²) in [6.07, 6.45) is 6.46. The SMILES string of the molecule is Brc1cncc(CN2CCC3NCCC3C2)c1. The third-order valence-corrected chi connectivity index (χ3v) is 4.34. The zero-order chi connectivity index (χ0) is 11.7. The van der Waals surface area contributed by atoms with Crippen molar-refractivity contribution in [3.05, 3.63) is 28.5 Å². The Morgan fingerprint density at radius 3 is 3.24 bits per heavy atom. The fourth-order valence-corrected chi connectivity index (χ4v) is 3.48. The van der Waals surface area contributed by atoms with Crippen LogP contribution in [0.25, 0.3) is 0 Å². The second kappa shape index (κ2) is 5.04. The Labute approximate surface area is 111 Å². The second-order valence-electron chi connectivity index (χ2n) is 5.14. The van der Waals surface area contributed by atoms with E-state index in [1.165, 1.54) is 38.0 Å². The summed E-state index contributed by atoms with van der Waals surface area (Å²) in [5.74, 6) is 0.865. The smallest absolute Gasteiger partial charge is 0.0410 e. The van der Waals surface area contributed by atoms with Crippen molar-refractivity contribution in [3.8, 4) is 0 Å². The summed E-state index contributed by atoms with van der Waals surface area (Å²) in [7, 11) is 0. The zero-order valence-electron chi connectivity index (χ0n) is 9.90. The molecule has 3 rings (SSSR count). The number of pyridine rings is 1. The van der Waals surface area contributed by atoms with Gasteiger partial charge in [-0.3, -0.25) is 9.88 Å². The van der Waals surface area contributed by atoms with Crippen LogP contribution in [-0.2, 0) is 6.54 Å². The molecule has 0 amide bonds. The Balaban J connectivity index is 1.62. The first-order valence-corrected chi connectivity index (χ1v) is 7.16. The molecule has 0 spiro atoms. The Morgan fingerprint density at radius 2 is 2.35 bits per heavy atom. The number of halogens is 1. The van der Waals surface area contributed by atoms with Crippen LogP contribution < -0.4 is 5.32 Å². The highest BCUT2D eigenvalue weighted by Crippen LogP contribution is 2.25. The van der Waals surface area contributed by atoms with E-state index in [0.29, 0.717) is 0 Å². The Hall–Kier alpha value is -0.450. The van der Waals surface area contributed by atoms with Crippen molar-refractivity contribution in [1.82, 2.24) is 15.2 Å². The van der Waals surface area contributed by atoms with E-state index in [4.69, 9.17) is 0 Å². The maximum atomic E-state index is 4.23. The third kappa shape index (κ3) is 2.69. The van der Waals surface area contributed by atoms with Crippen LogP contribution in [0.3, 0.4) is 0 Å². The van der Waals surface area contributed by atoms with Gasteiger partial charge in [0, 0.05) is 36.0 Å². The molecule has 1 aromatic rings. The molecule has 0 saturated carbocycles. The van der Waals surface area contributed by atoms with E-state index in [2.05, 4.69) is 37.2 Å². The van der Waals surface area contributed by atoms with Gasteiger partial charge in [-0.05, 0) is 59.4 Å². The lowest BCUT2D eigenvalue weighted by atomic mass is 9.93. The molecular weight excluding hydrogens is 278 g/mol. The maximum absolute atomic E-state index is 4.23. The lowest BCUT2D eigenvalue weighted by Crippen LogP contribution is -2.43. The van der Waals surface area contributed by atoms with Crippen molar-refractivity contribution in [2.45, 2.75) is 25.4 Å². The number of likely N-dealkylation sites (tertiary alicyclic amines) is 1. The van der Waals surface area contributed by atoms with Crippen LogP contribution in [0.4, 0.5) is 0 Å². The highest BCUT2D eigenvalue weighted by atomic mass is 79.9. The first-order valence-electron chi connectivity index (χ1n) is 6.36. The second-order valence-corrected chi connectivity index (χ2v) is 6.06. The third-order valence-electron chi connectivity index (χ3n) is 3.91. The van der Waals surface area contributed by atoms with E-state index in [1.807, 2.05) is 12.4 Å². The molecule has 0 aromatic carbocycles. The van der Waals surface area contributed by atoms with E-state index in [-0.39, 0.29) is 0 Å². The number of aromatic nitrogens is 1. The van der Waals surface area contributed by atoms with E-state index in [9.17, 15) is 0 Å². The van der Waals surface area contributed by atoms with Crippen molar-refractivity contribution in [2.24, 2.45) is 5.92 Å². The predicted molar refractivity (Wildman–Crippen MR) is 71.7 cm³/mol. The fraction of sp³-hybridized carbons (Fsp3) is 0.615. The number of nitrogens with zero attached hydrogens (tertiary/aromatic N) is 2. The van der Waals surface area contributed by atoms with Gasteiger partial charge in [0.05, 0.1) is 0 Å². The molecule has 2 aliphatic heterocycles. The lowest BCUT2D eigenvalue weighted by Gasteiger charge is -2.34. The normalized spacial score (nSPS) is 29.2. The zero-order valence-corrected chi connectivity index (χ0v) is 11.5. The van der Waals surface area contributed by atoms with Crippen molar-refractivity contribution < 1.29 is 0 Å². The van der Waals surface area contributed by atoms with E-state index in [0.717, 1.165) is 23.0 Å². The largest absolute Gasteiger partial charge is 0.314 e. The van der Waals surface area contributed by atoms with Gasteiger partial charge in [0.15, 0.2) is 0 Å². The fourth-order valence-electron chi connectivity index (χ4n) is 3.07. The van der Waals surface area contributed by atoms with Gasteiger partial charge in [-0.15, -0.1) is 0 Å². The summed E-state index contributed by atoms with van der Waals surface area (Å²) < 4.78 is 1.08. The molecule has 4 heteroatoms. The summed E-state index contributed by atoms with van der Waals surface area (Å²) in [5, 5.41) is 3.61. The molecule has 2 aliphatic rings. The Kier molecular flexibility index (Phi) is 3.45. The first-order chi connectivity index (χ1) is 8.31. The Morgan fingerprint density at radius 1 is 1.41 bits per heavy atom. The standard InChI is InChI=1S/C13H18BrN3/c14-12-5-10(6-15-7-12)8-17-4-2-13-11(9-17)1-3-16-13/h5-7,11,13,16H,1-4,8-9H2. The molecule has 3 heterocycles. The highest BCUT2D eigenvalue weighted by Gasteiger charge is 2.32. The minimum atomic E-state index is 0.784. The van der Waals surface area contributed by atoms with Gasteiger partial charge in [-0.1, -0.05) is 0 Å². The quantitative estimate of drug-likeness (QED) is 0.905. The van der Waals surface area contributed by atoms with Crippen LogP contribution in [0.2, 0.25) is 0 Å². The lowest BCUT2D eigenvalue weighted by molar-refractivity contribution is 0.156. The molecule has 2 fully saturated rings. The predicted octanol–water partition coefficient (Wildman–Crippen LogP) is 2.03. The molecule has 0 radical (unpaired) electrons. The van der Waals surface area contributed by atoms with Crippen LogP contribution in [-0.4, -0.2) is 35.6 Å². The summed E-state index contributed by atoms with van der Waals surface area (Å²) >= 11 is 3.48. The molecule has 1 N–H and O–H groups in total. The summed E-state index contributed by atoms with van der Waals surface area (Å²) in [6, 6.07) is 2.96. The van der Waals surface area contributed by atoms with Crippen LogP contribution in [0.5, 0.6) is 0 Å². The van der Waals surface area contributed by atoms with E-state index in [1.54, 1.807) is 0 Å². The average Bonchev–Trinajstić information content (AvgIpc) is 2.76. The van der Waals surface area contributed by atoms with Crippen molar-refractivity contribution in [1.29, 1.82) is 0 Å². The molecule has 0 aliphatic carbocycles. The minimum absolute atomic E-state index is 0.784.